The van der Waals surface area contributed by atoms with Gasteiger partial charge in [0.25, 0.3) is 0 Å². The van der Waals surface area contributed by atoms with Crippen LogP contribution in [0.5, 0.6) is 5.75 Å². The van der Waals surface area contributed by atoms with Crippen molar-refractivity contribution in [1.82, 2.24) is 5.32 Å². The molecule has 0 saturated carbocycles. The molecule has 0 aromatic heterocycles. The number of nitrogens with one attached hydrogen (secondary N) is 1. The Balaban J connectivity index is 1.42. The fraction of sp³-hybridized carbons (Fsp3) is 0.500. The van der Waals surface area contributed by atoms with Crippen molar-refractivity contribution < 1.29 is 9.22 Å². The molecule has 0 spiro atoms. The van der Waals surface area contributed by atoms with E-state index in [9.17, 15) is 0 Å². The molecule has 6 rings (SSSR count). The minimum absolute atomic E-state index is 0.0187. The molecule has 5 aliphatic rings. The molecular formula is C32H41N2O+. The quantitative estimate of drug-likeness (QED) is 0.377. The van der Waals surface area contributed by atoms with Gasteiger partial charge in [0.15, 0.2) is 6.23 Å². The largest absolute Gasteiger partial charge is 0.473 e. The minimum atomic E-state index is 0.0187. The molecule has 8 unspecified atom stereocenters. The van der Waals surface area contributed by atoms with Crippen LogP contribution in [0, 0.1) is 11.8 Å². The molecule has 0 amide bonds. The molecule has 2 aliphatic carbocycles. The summed E-state index contributed by atoms with van der Waals surface area (Å²) in [7, 11) is 2.46. The molecule has 0 radical (unpaired) electrons. The second-order valence-corrected chi connectivity index (χ2v) is 11.7. The number of nitrogens with zero attached hydrogens (tertiary/aromatic N) is 1. The van der Waals surface area contributed by atoms with Crippen molar-refractivity contribution in [3.63, 3.8) is 0 Å². The summed E-state index contributed by atoms with van der Waals surface area (Å²) >= 11 is 0. The number of ether oxygens (including phenoxy) is 1. The highest BCUT2D eigenvalue weighted by Gasteiger charge is 2.48. The van der Waals surface area contributed by atoms with E-state index < -0.39 is 0 Å². The fourth-order valence-electron chi connectivity index (χ4n) is 7.14. The summed E-state index contributed by atoms with van der Waals surface area (Å²) in [4.78, 5) is 0. The molecule has 0 bridgehead atoms. The molecule has 1 N–H and O–H groups in total. The molecule has 184 valence electrons. The lowest BCUT2D eigenvalue weighted by Gasteiger charge is -2.35. The highest BCUT2D eigenvalue weighted by atomic mass is 16.5. The van der Waals surface area contributed by atoms with Gasteiger partial charge in [0.05, 0.1) is 25.1 Å². The van der Waals surface area contributed by atoms with Gasteiger partial charge in [-0.15, -0.1) is 0 Å². The van der Waals surface area contributed by atoms with Crippen molar-refractivity contribution >= 4 is 0 Å². The number of unbranched alkanes of at least 4 members (excludes halogenated alkanes) is 1. The van der Waals surface area contributed by atoms with Crippen LogP contribution in [0.4, 0.5) is 0 Å². The first kappa shape index (κ1) is 23.1. The Hall–Kier alpha value is -2.36. The Kier molecular flexibility index (Phi) is 5.89. The highest BCUT2D eigenvalue weighted by molar-refractivity contribution is 5.60. The number of allylic oxidation sites excluding steroid dienone is 7. The molecule has 0 saturated heterocycles. The summed E-state index contributed by atoms with van der Waals surface area (Å²) < 4.78 is 8.05. The molecule has 3 nitrogen and oxygen atoms in total. The zero-order valence-corrected chi connectivity index (χ0v) is 21.8. The van der Waals surface area contributed by atoms with E-state index in [1.54, 1.807) is 0 Å². The first-order valence-corrected chi connectivity index (χ1v) is 13.8. The summed E-state index contributed by atoms with van der Waals surface area (Å²) in [5, 5.41) is 3.90. The van der Waals surface area contributed by atoms with Crippen LogP contribution in [-0.2, 0) is 6.54 Å². The number of rotatable bonds is 5. The van der Waals surface area contributed by atoms with Gasteiger partial charge in [0.1, 0.15) is 18.3 Å². The van der Waals surface area contributed by atoms with Crippen molar-refractivity contribution in [3.05, 3.63) is 89.1 Å². The minimum Gasteiger partial charge on any atom is -0.473 e. The van der Waals surface area contributed by atoms with E-state index in [4.69, 9.17) is 4.74 Å². The molecule has 1 aromatic carbocycles. The topological polar surface area (TPSA) is 21.3 Å². The first-order valence-electron chi connectivity index (χ1n) is 13.8. The van der Waals surface area contributed by atoms with Gasteiger partial charge in [0.2, 0.25) is 0 Å². The summed E-state index contributed by atoms with van der Waals surface area (Å²) in [6.45, 7) is 9.44. The number of benzene rings is 1. The summed E-state index contributed by atoms with van der Waals surface area (Å²) in [6.07, 6.45) is 26.7. The summed E-state index contributed by atoms with van der Waals surface area (Å²) in [5.74, 6) is 2.87. The van der Waals surface area contributed by atoms with Crippen molar-refractivity contribution in [2.75, 3.05) is 13.6 Å². The van der Waals surface area contributed by atoms with Crippen LogP contribution in [0.1, 0.15) is 80.2 Å². The van der Waals surface area contributed by atoms with E-state index in [1.807, 2.05) is 0 Å². The molecular weight excluding hydrogens is 428 g/mol. The van der Waals surface area contributed by atoms with Crippen LogP contribution in [0.2, 0.25) is 0 Å². The third kappa shape index (κ3) is 3.79. The van der Waals surface area contributed by atoms with Gasteiger partial charge in [-0.3, -0.25) is 5.32 Å². The zero-order chi connectivity index (χ0) is 24.2. The van der Waals surface area contributed by atoms with Gasteiger partial charge in [-0.05, 0) is 43.2 Å². The van der Waals surface area contributed by atoms with Gasteiger partial charge in [-0.1, -0.05) is 81.0 Å². The average Bonchev–Trinajstić information content (AvgIpc) is 3.37. The lowest BCUT2D eigenvalue weighted by atomic mass is 9.76. The van der Waals surface area contributed by atoms with Gasteiger partial charge < -0.3 is 9.22 Å². The Morgan fingerprint density at radius 2 is 1.80 bits per heavy atom. The van der Waals surface area contributed by atoms with Crippen molar-refractivity contribution in [2.45, 2.75) is 76.7 Å². The maximum absolute atomic E-state index is 6.95. The standard InChI is InChI=1S/C32H41N2O/c1-5-6-18-34(4)20-24-19-27(25-15-11-10-12-21(25)2)30-26-16-17-28(23-13-8-7-9-14-23)33-32(26)35-31(30)29(24)22(34)3/h7-13,15-17,19,21-23,25-26,28,32-33H,5-6,14,18,20H2,1-4H3/q+1. The molecule has 35 heavy (non-hydrogen) atoms. The monoisotopic (exact) mass is 469 g/mol. The third-order valence-electron chi connectivity index (χ3n) is 9.41. The van der Waals surface area contributed by atoms with E-state index in [0.29, 0.717) is 29.8 Å². The fourth-order valence-corrected chi connectivity index (χ4v) is 7.14. The lowest BCUT2D eigenvalue weighted by molar-refractivity contribution is -0.943. The van der Waals surface area contributed by atoms with Crippen LogP contribution in [0.25, 0.3) is 0 Å². The number of fused-ring (bicyclic) bond motifs is 5. The van der Waals surface area contributed by atoms with E-state index in [-0.39, 0.29) is 12.1 Å². The number of quaternary nitrogens is 1. The second-order valence-electron chi connectivity index (χ2n) is 11.7. The first-order chi connectivity index (χ1) is 17.0. The van der Waals surface area contributed by atoms with Crippen LogP contribution in [-0.4, -0.2) is 30.3 Å². The van der Waals surface area contributed by atoms with Crippen LogP contribution in [0.3, 0.4) is 0 Å². The Bertz CT molecular complexity index is 1140. The van der Waals surface area contributed by atoms with Gasteiger partial charge in [-0.2, -0.15) is 0 Å². The maximum atomic E-state index is 6.95. The third-order valence-corrected chi connectivity index (χ3v) is 9.41. The van der Waals surface area contributed by atoms with Gasteiger partial charge >= 0.3 is 0 Å². The molecule has 3 heterocycles. The van der Waals surface area contributed by atoms with Crippen LogP contribution in [0.15, 0.2) is 66.8 Å². The molecule has 3 aliphatic heterocycles. The van der Waals surface area contributed by atoms with Gasteiger partial charge in [-0.25, -0.2) is 0 Å². The van der Waals surface area contributed by atoms with Crippen molar-refractivity contribution in [1.29, 1.82) is 0 Å². The summed E-state index contributed by atoms with van der Waals surface area (Å²) in [6, 6.07) is 3.36. The summed E-state index contributed by atoms with van der Waals surface area (Å²) in [5.41, 5.74) is 5.93. The lowest BCUT2D eigenvalue weighted by Crippen LogP contribution is -2.47. The normalized spacial score (nSPS) is 38.3. The highest BCUT2D eigenvalue weighted by Crippen LogP contribution is 2.55. The number of hydrogen-bond donors (Lipinski definition) is 1. The Morgan fingerprint density at radius 3 is 2.57 bits per heavy atom. The number of hydrogen-bond acceptors (Lipinski definition) is 2. The van der Waals surface area contributed by atoms with Crippen LogP contribution >= 0.6 is 0 Å². The SMILES string of the molecule is CCCC[N+]1(C)Cc2cc(C3C=CC=CC3C)c3c(c2C1C)OC1NC(C2C=CC=CC2)C=CC31. The van der Waals surface area contributed by atoms with Gasteiger partial charge in [0, 0.05) is 23.1 Å². The Morgan fingerprint density at radius 1 is 0.971 bits per heavy atom. The second kappa shape index (κ2) is 8.94. The predicted octanol–water partition coefficient (Wildman–Crippen LogP) is 6.82. The predicted molar refractivity (Wildman–Crippen MR) is 144 cm³/mol. The van der Waals surface area contributed by atoms with E-state index >= 15 is 0 Å². The van der Waals surface area contributed by atoms with E-state index in [1.165, 1.54) is 47.4 Å². The molecule has 0 fully saturated rings. The molecule has 8 atom stereocenters. The zero-order valence-electron chi connectivity index (χ0n) is 21.8. The van der Waals surface area contributed by atoms with Crippen molar-refractivity contribution in [3.8, 4) is 5.75 Å². The molecule has 1 aromatic rings. The maximum Gasteiger partial charge on any atom is 0.161 e. The average molecular weight is 470 g/mol. The smallest absolute Gasteiger partial charge is 0.161 e. The Labute approximate surface area is 211 Å². The van der Waals surface area contributed by atoms with E-state index in [2.05, 4.69) is 100.0 Å². The van der Waals surface area contributed by atoms with Crippen molar-refractivity contribution in [2.24, 2.45) is 11.8 Å². The molecule has 3 heteroatoms. The van der Waals surface area contributed by atoms with Crippen LogP contribution < -0.4 is 10.1 Å². The van der Waals surface area contributed by atoms with E-state index in [0.717, 1.165) is 17.4 Å².